The number of aryl methyl sites for hydroxylation is 2. The molecular formula is C19H25N2O2+. The van der Waals surface area contributed by atoms with Crippen LogP contribution < -0.4 is 15.0 Å². The molecule has 2 aromatic carbocycles. The molecule has 2 N–H and O–H groups in total. The minimum Gasteiger partial charge on any atom is -0.497 e. The molecule has 0 aliphatic rings. The van der Waals surface area contributed by atoms with Gasteiger partial charge in [0.1, 0.15) is 12.3 Å². The third-order valence-corrected chi connectivity index (χ3v) is 3.81. The van der Waals surface area contributed by atoms with Gasteiger partial charge in [-0.25, -0.2) is 0 Å². The van der Waals surface area contributed by atoms with Gasteiger partial charge in [-0.2, -0.15) is 0 Å². The summed E-state index contributed by atoms with van der Waals surface area (Å²) in [4.78, 5) is 13.3. The Morgan fingerprint density at radius 2 is 1.96 bits per heavy atom. The number of anilines is 1. The highest BCUT2D eigenvalue weighted by molar-refractivity contribution is 5.91. The predicted octanol–water partition coefficient (Wildman–Crippen LogP) is 1.97. The highest BCUT2D eigenvalue weighted by atomic mass is 16.5. The molecule has 0 heterocycles. The van der Waals surface area contributed by atoms with Gasteiger partial charge in [0, 0.05) is 17.3 Å². The zero-order valence-electron chi connectivity index (χ0n) is 14.3. The Bertz CT molecular complexity index is 683. The summed E-state index contributed by atoms with van der Waals surface area (Å²) in [5.74, 6) is 0.735. The van der Waals surface area contributed by atoms with Crippen LogP contribution in [0.4, 0.5) is 5.69 Å². The van der Waals surface area contributed by atoms with E-state index in [1.54, 1.807) is 7.11 Å². The van der Waals surface area contributed by atoms with Crippen LogP contribution >= 0.6 is 0 Å². The summed E-state index contributed by atoms with van der Waals surface area (Å²) in [6, 6.07) is 13.8. The molecule has 122 valence electrons. The normalized spacial score (nSPS) is 11.8. The van der Waals surface area contributed by atoms with Gasteiger partial charge >= 0.3 is 0 Å². The first-order valence-corrected chi connectivity index (χ1v) is 7.79. The van der Waals surface area contributed by atoms with Crippen LogP contribution in [0.3, 0.4) is 0 Å². The number of hydrogen-bond donors (Lipinski definition) is 2. The van der Waals surface area contributed by atoms with Crippen LogP contribution in [0.5, 0.6) is 5.75 Å². The smallest absolute Gasteiger partial charge is 0.279 e. The molecule has 0 aromatic heterocycles. The molecule has 4 heteroatoms. The van der Waals surface area contributed by atoms with Crippen molar-refractivity contribution in [2.45, 2.75) is 20.4 Å². The van der Waals surface area contributed by atoms with Crippen molar-refractivity contribution in [2.75, 3.05) is 26.0 Å². The maximum absolute atomic E-state index is 12.2. The predicted molar refractivity (Wildman–Crippen MR) is 93.0 cm³/mol. The van der Waals surface area contributed by atoms with E-state index >= 15 is 0 Å². The Labute approximate surface area is 138 Å². The van der Waals surface area contributed by atoms with Crippen LogP contribution in [-0.2, 0) is 11.3 Å². The van der Waals surface area contributed by atoms with Crippen LogP contribution in [-0.4, -0.2) is 26.6 Å². The molecule has 1 unspecified atom stereocenters. The third kappa shape index (κ3) is 5.11. The summed E-state index contributed by atoms with van der Waals surface area (Å²) in [6.45, 7) is 5.46. The van der Waals surface area contributed by atoms with E-state index in [9.17, 15) is 4.79 Å². The molecule has 0 saturated heterocycles. The third-order valence-electron chi connectivity index (χ3n) is 3.81. The summed E-state index contributed by atoms with van der Waals surface area (Å²) in [7, 11) is 3.65. The summed E-state index contributed by atoms with van der Waals surface area (Å²) in [5, 5.41) is 2.92. The van der Waals surface area contributed by atoms with Crippen molar-refractivity contribution in [3.05, 3.63) is 59.2 Å². The van der Waals surface area contributed by atoms with Crippen LogP contribution in [0, 0.1) is 13.8 Å². The lowest BCUT2D eigenvalue weighted by molar-refractivity contribution is -0.885. The Kier molecular flexibility index (Phi) is 5.77. The fourth-order valence-electron chi connectivity index (χ4n) is 2.61. The molecular weight excluding hydrogens is 288 g/mol. The molecule has 0 saturated carbocycles. The molecule has 1 atom stereocenters. The number of carbonyl (C=O) groups excluding carboxylic acids is 1. The van der Waals surface area contributed by atoms with Crippen molar-refractivity contribution in [1.82, 2.24) is 0 Å². The minimum atomic E-state index is 0.000479. The second-order valence-electron chi connectivity index (χ2n) is 6.02. The number of benzene rings is 2. The first kappa shape index (κ1) is 17.0. The first-order valence-electron chi connectivity index (χ1n) is 7.79. The highest BCUT2D eigenvalue weighted by Crippen LogP contribution is 2.16. The van der Waals surface area contributed by atoms with Crippen molar-refractivity contribution < 1.29 is 14.4 Å². The van der Waals surface area contributed by atoms with Crippen LogP contribution in [0.2, 0.25) is 0 Å². The maximum Gasteiger partial charge on any atom is 0.279 e. The number of methoxy groups -OCH3 is 1. The van der Waals surface area contributed by atoms with Crippen molar-refractivity contribution in [2.24, 2.45) is 0 Å². The molecule has 0 fully saturated rings. The zero-order valence-corrected chi connectivity index (χ0v) is 14.3. The van der Waals surface area contributed by atoms with Crippen molar-refractivity contribution in [3.63, 3.8) is 0 Å². The quantitative estimate of drug-likeness (QED) is 0.856. The lowest BCUT2D eigenvalue weighted by atomic mass is 10.1. The van der Waals surface area contributed by atoms with Gasteiger partial charge < -0.3 is 15.0 Å². The van der Waals surface area contributed by atoms with Crippen LogP contribution in [0.25, 0.3) is 0 Å². The molecule has 0 spiro atoms. The Morgan fingerprint density at radius 1 is 1.17 bits per heavy atom. The van der Waals surface area contributed by atoms with E-state index < -0.39 is 0 Å². The van der Waals surface area contributed by atoms with E-state index in [1.165, 1.54) is 16.7 Å². The van der Waals surface area contributed by atoms with Gasteiger partial charge in [-0.15, -0.1) is 0 Å². The first-order chi connectivity index (χ1) is 11.0. The molecule has 0 bridgehead atoms. The molecule has 2 aromatic rings. The Balaban J connectivity index is 1.91. The number of likely N-dealkylation sites (N-methyl/N-ethyl adjacent to an activating group) is 1. The van der Waals surface area contributed by atoms with Crippen LogP contribution in [0.15, 0.2) is 42.5 Å². The van der Waals surface area contributed by atoms with Gasteiger partial charge in [-0.05, 0) is 31.5 Å². The van der Waals surface area contributed by atoms with Gasteiger partial charge in [0.25, 0.3) is 5.91 Å². The number of rotatable bonds is 6. The Morgan fingerprint density at radius 3 is 2.65 bits per heavy atom. The number of ether oxygens (including phenoxy) is 1. The topological polar surface area (TPSA) is 42.8 Å². The Hall–Kier alpha value is -2.33. The number of hydrogen-bond acceptors (Lipinski definition) is 2. The molecule has 4 nitrogen and oxygen atoms in total. The second kappa shape index (κ2) is 7.79. The van der Waals surface area contributed by atoms with Crippen molar-refractivity contribution >= 4 is 11.6 Å². The lowest BCUT2D eigenvalue weighted by Crippen LogP contribution is -3.08. The van der Waals surface area contributed by atoms with Crippen LogP contribution in [0.1, 0.15) is 16.7 Å². The average molecular weight is 313 g/mol. The van der Waals surface area contributed by atoms with E-state index in [0.29, 0.717) is 6.54 Å². The SMILES string of the molecule is COc1cccc(NC(=O)C[NH+](C)Cc2ccc(C)cc2C)c1. The summed E-state index contributed by atoms with van der Waals surface area (Å²) in [5.41, 5.74) is 4.58. The van der Waals surface area contributed by atoms with Crippen molar-refractivity contribution in [3.8, 4) is 5.75 Å². The maximum atomic E-state index is 12.2. The van der Waals surface area contributed by atoms with Gasteiger partial charge in [-0.1, -0.05) is 29.8 Å². The minimum absolute atomic E-state index is 0.000479. The van der Waals surface area contributed by atoms with E-state index in [-0.39, 0.29) is 5.91 Å². The summed E-state index contributed by atoms with van der Waals surface area (Å²) in [6.07, 6.45) is 0. The second-order valence-corrected chi connectivity index (χ2v) is 6.02. The number of nitrogens with one attached hydrogen (secondary N) is 2. The van der Waals surface area contributed by atoms with Gasteiger partial charge in [-0.3, -0.25) is 4.79 Å². The number of quaternary nitrogens is 1. The van der Waals surface area contributed by atoms with E-state index in [1.807, 2.05) is 31.3 Å². The van der Waals surface area contributed by atoms with Gasteiger partial charge in [0.15, 0.2) is 6.54 Å². The largest absolute Gasteiger partial charge is 0.497 e. The van der Waals surface area contributed by atoms with E-state index in [2.05, 4.69) is 37.4 Å². The molecule has 0 aliphatic heterocycles. The monoisotopic (exact) mass is 313 g/mol. The molecule has 23 heavy (non-hydrogen) atoms. The summed E-state index contributed by atoms with van der Waals surface area (Å²) >= 11 is 0. The fourth-order valence-corrected chi connectivity index (χ4v) is 2.61. The molecule has 2 rings (SSSR count). The fraction of sp³-hybridized carbons (Fsp3) is 0.316. The van der Waals surface area contributed by atoms with Gasteiger partial charge in [0.05, 0.1) is 14.2 Å². The van der Waals surface area contributed by atoms with E-state index in [4.69, 9.17) is 4.74 Å². The average Bonchev–Trinajstić information content (AvgIpc) is 2.50. The van der Waals surface area contributed by atoms with Crippen molar-refractivity contribution in [1.29, 1.82) is 0 Å². The standard InChI is InChI=1S/C19H24N2O2/c1-14-8-9-16(15(2)10-14)12-21(3)13-19(22)20-17-6-5-7-18(11-17)23-4/h5-11H,12-13H2,1-4H3,(H,20,22)/p+1. The number of amides is 1. The van der Waals surface area contributed by atoms with E-state index in [0.717, 1.165) is 22.9 Å². The molecule has 0 radical (unpaired) electrons. The molecule has 0 aliphatic carbocycles. The number of carbonyl (C=O) groups is 1. The lowest BCUT2D eigenvalue weighted by Gasteiger charge is -2.15. The summed E-state index contributed by atoms with van der Waals surface area (Å²) < 4.78 is 5.16. The molecule has 1 amide bonds. The highest BCUT2D eigenvalue weighted by Gasteiger charge is 2.12. The zero-order chi connectivity index (χ0) is 16.8. The van der Waals surface area contributed by atoms with Gasteiger partial charge in [0.2, 0.25) is 0 Å².